The van der Waals surface area contributed by atoms with Crippen molar-refractivity contribution < 1.29 is 19.5 Å². The number of hydrogen-bond acceptors (Lipinski definition) is 4. The largest absolute Gasteiger partial charge is 0.510 e. The van der Waals surface area contributed by atoms with Gasteiger partial charge < -0.3 is 5.11 Å². The van der Waals surface area contributed by atoms with Crippen LogP contribution in [0.2, 0.25) is 0 Å². The van der Waals surface area contributed by atoms with E-state index in [0.29, 0.717) is 0 Å². The van der Waals surface area contributed by atoms with Crippen LogP contribution in [0.25, 0.3) is 0 Å². The molecule has 0 unspecified atom stereocenters. The van der Waals surface area contributed by atoms with Crippen LogP contribution in [0.4, 0.5) is 0 Å². The average molecular weight is 224 g/mol. The number of aliphatic hydroxyl groups excluding tert-OH is 1. The molecule has 0 aliphatic heterocycles. The maximum Gasteiger partial charge on any atom is 0.182 e. The van der Waals surface area contributed by atoms with Crippen molar-refractivity contribution in [3.05, 3.63) is 11.3 Å². The molecule has 1 aliphatic rings. The lowest BCUT2D eigenvalue weighted by Crippen LogP contribution is -2.49. The van der Waals surface area contributed by atoms with Gasteiger partial charge in [0.05, 0.1) is 16.4 Å². The van der Waals surface area contributed by atoms with Crippen LogP contribution < -0.4 is 0 Å². The SMILES string of the molecule is CC(=O)C1=C(O)C(C)(C)C(=O)C(C)(C)C1=O. The minimum Gasteiger partial charge on any atom is -0.510 e. The summed E-state index contributed by atoms with van der Waals surface area (Å²) in [7, 11) is 0. The Bertz CT molecular complexity index is 424. The van der Waals surface area contributed by atoms with E-state index in [9.17, 15) is 19.5 Å². The molecule has 16 heavy (non-hydrogen) atoms. The predicted octanol–water partition coefficient (Wildman–Crippen LogP) is 1.59. The normalized spacial score (nSPS) is 23.6. The Morgan fingerprint density at radius 3 is 1.88 bits per heavy atom. The molecule has 4 nitrogen and oxygen atoms in total. The van der Waals surface area contributed by atoms with Crippen LogP contribution in [0.15, 0.2) is 11.3 Å². The second-order valence-corrected chi connectivity index (χ2v) is 5.19. The third-order valence-electron chi connectivity index (χ3n) is 3.11. The molecule has 4 heteroatoms. The highest BCUT2D eigenvalue weighted by atomic mass is 16.3. The van der Waals surface area contributed by atoms with E-state index in [1.54, 1.807) is 0 Å². The zero-order valence-electron chi connectivity index (χ0n) is 10.2. The van der Waals surface area contributed by atoms with Crippen molar-refractivity contribution in [3.63, 3.8) is 0 Å². The van der Waals surface area contributed by atoms with Gasteiger partial charge in [-0.3, -0.25) is 14.4 Å². The molecule has 1 rings (SSSR count). The Morgan fingerprint density at radius 2 is 1.50 bits per heavy atom. The topological polar surface area (TPSA) is 71.4 Å². The van der Waals surface area contributed by atoms with E-state index in [1.165, 1.54) is 34.6 Å². The molecule has 88 valence electrons. The smallest absolute Gasteiger partial charge is 0.182 e. The summed E-state index contributed by atoms with van der Waals surface area (Å²) in [6, 6.07) is 0. The quantitative estimate of drug-likeness (QED) is 0.542. The van der Waals surface area contributed by atoms with E-state index >= 15 is 0 Å². The van der Waals surface area contributed by atoms with Gasteiger partial charge in [-0.05, 0) is 34.6 Å². The Morgan fingerprint density at radius 1 is 1.06 bits per heavy atom. The molecule has 0 atom stereocenters. The average Bonchev–Trinajstić information content (AvgIpc) is 2.14. The lowest BCUT2D eigenvalue weighted by molar-refractivity contribution is -0.145. The molecule has 0 saturated heterocycles. The molecule has 1 N–H and O–H groups in total. The van der Waals surface area contributed by atoms with Crippen LogP contribution >= 0.6 is 0 Å². The van der Waals surface area contributed by atoms with Gasteiger partial charge >= 0.3 is 0 Å². The van der Waals surface area contributed by atoms with Crippen molar-refractivity contribution in [2.45, 2.75) is 34.6 Å². The second-order valence-electron chi connectivity index (χ2n) is 5.19. The van der Waals surface area contributed by atoms with Crippen molar-refractivity contribution in [2.75, 3.05) is 0 Å². The van der Waals surface area contributed by atoms with E-state index in [4.69, 9.17) is 0 Å². The van der Waals surface area contributed by atoms with Gasteiger partial charge in [0.25, 0.3) is 0 Å². The molecule has 0 saturated carbocycles. The number of Topliss-reactive ketones (excluding diaryl/α,β-unsaturated/α-hetero) is 3. The van der Waals surface area contributed by atoms with Crippen molar-refractivity contribution in [3.8, 4) is 0 Å². The summed E-state index contributed by atoms with van der Waals surface area (Å²) in [6.07, 6.45) is 0. The molecular formula is C12H16O4. The standard InChI is InChI=1S/C12H16O4/c1-6(13)7-8(14)11(2,3)10(16)12(4,5)9(7)15/h14H,1-5H3. The third-order valence-corrected chi connectivity index (χ3v) is 3.11. The van der Waals surface area contributed by atoms with Gasteiger partial charge in [-0.25, -0.2) is 0 Å². The highest BCUT2D eigenvalue weighted by Crippen LogP contribution is 2.43. The fourth-order valence-corrected chi connectivity index (χ4v) is 2.05. The third kappa shape index (κ3) is 1.40. The maximum atomic E-state index is 12.0. The van der Waals surface area contributed by atoms with E-state index < -0.39 is 28.2 Å². The summed E-state index contributed by atoms with van der Waals surface area (Å²) < 4.78 is 0. The second kappa shape index (κ2) is 3.27. The Labute approximate surface area is 94.3 Å². The van der Waals surface area contributed by atoms with E-state index in [2.05, 4.69) is 0 Å². The van der Waals surface area contributed by atoms with Crippen LogP contribution in [0.1, 0.15) is 34.6 Å². The monoisotopic (exact) mass is 224 g/mol. The van der Waals surface area contributed by atoms with Crippen LogP contribution in [0.3, 0.4) is 0 Å². The fraction of sp³-hybridized carbons (Fsp3) is 0.583. The van der Waals surface area contributed by atoms with Gasteiger partial charge in [0.1, 0.15) is 5.76 Å². The van der Waals surface area contributed by atoms with Gasteiger partial charge in [-0.1, -0.05) is 0 Å². The summed E-state index contributed by atoms with van der Waals surface area (Å²) in [5.74, 6) is -1.88. The van der Waals surface area contributed by atoms with Crippen molar-refractivity contribution in [2.24, 2.45) is 10.8 Å². The molecule has 0 heterocycles. The summed E-state index contributed by atoms with van der Waals surface area (Å²) in [5.41, 5.74) is -2.68. The molecule has 0 spiro atoms. The summed E-state index contributed by atoms with van der Waals surface area (Å²) in [4.78, 5) is 35.3. The molecule has 0 aromatic rings. The molecule has 0 aromatic carbocycles. The number of rotatable bonds is 1. The minimum atomic E-state index is -1.25. The molecule has 1 aliphatic carbocycles. The number of allylic oxidation sites excluding steroid dienone is 2. The molecular weight excluding hydrogens is 208 g/mol. The van der Waals surface area contributed by atoms with Crippen molar-refractivity contribution in [1.82, 2.24) is 0 Å². The minimum absolute atomic E-state index is 0.241. The summed E-state index contributed by atoms with van der Waals surface area (Å²) in [6.45, 7) is 7.21. The Hall–Kier alpha value is -1.45. The van der Waals surface area contributed by atoms with Crippen LogP contribution in [-0.2, 0) is 14.4 Å². The van der Waals surface area contributed by atoms with Gasteiger partial charge in [-0.2, -0.15) is 0 Å². The molecule has 0 amide bonds. The highest BCUT2D eigenvalue weighted by Gasteiger charge is 2.53. The number of ketones is 3. The van der Waals surface area contributed by atoms with Crippen LogP contribution in [-0.4, -0.2) is 22.5 Å². The number of aliphatic hydroxyl groups is 1. The Balaban J connectivity index is 3.60. The predicted molar refractivity (Wildman–Crippen MR) is 57.9 cm³/mol. The van der Waals surface area contributed by atoms with E-state index in [0.717, 1.165) is 0 Å². The van der Waals surface area contributed by atoms with Crippen LogP contribution in [0.5, 0.6) is 0 Å². The van der Waals surface area contributed by atoms with Gasteiger partial charge in [-0.15, -0.1) is 0 Å². The maximum absolute atomic E-state index is 12.0. The molecule has 0 aromatic heterocycles. The molecule has 0 radical (unpaired) electrons. The number of hydrogen-bond donors (Lipinski definition) is 1. The van der Waals surface area contributed by atoms with Gasteiger partial charge in [0.15, 0.2) is 17.3 Å². The number of carbonyl (C=O) groups excluding carboxylic acids is 3. The zero-order valence-corrected chi connectivity index (χ0v) is 10.2. The lowest BCUT2D eigenvalue weighted by atomic mass is 9.63. The van der Waals surface area contributed by atoms with Crippen molar-refractivity contribution >= 4 is 17.3 Å². The number of carbonyl (C=O) groups is 3. The first kappa shape index (κ1) is 12.6. The summed E-state index contributed by atoms with van der Waals surface area (Å²) in [5, 5.41) is 9.86. The fourth-order valence-electron chi connectivity index (χ4n) is 2.05. The van der Waals surface area contributed by atoms with Crippen molar-refractivity contribution in [1.29, 1.82) is 0 Å². The first-order valence-electron chi connectivity index (χ1n) is 5.09. The molecule has 0 bridgehead atoms. The first-order chi connectivity index (χ1) is 7.04. The zero-order chi connectivity index (χ0) is 12.9. The van der Waals surface area contributed by atoms with Gasteiger partial charge in [0, 0.05) is 0 Å². The molecule has 0 fully saturated rings. The van der Waals surface area contributed by atoms with E-state index in [1.807, 2.05) is 0 Å². The van der Waals surface area contributed by atoms with E-state index in [-0.39, 0.29) is 11.4 Å². The van der Waals surface area contributed by atoms with Crippen LogP contribution in [0, 0.1) is 10.8 Å². The summed E-state index contributed by atoms with van der Waals surface area (Å²) >= 11 is 0. The lowest BCUT2D eigenvalue weighted by Gasteiger charge is -2.37. The first-order valence-corrected chi connectivity index (χ1v) is 5.09. The van der Waals surface area contributed by atoms with Gasteiger partial charge in [0.2, 0.25) is 0 Å². The highest BCUT2D eigenvalue weighted by molar-refractivity contribution is 6.30. The Kier molecular flexibility index (Phi) is 2.58.